The lowest BCUT2D eigenvalue weighted by Gasteiger charge is -2.28. The van der Waals surface area contributed by atoms with Crippen molar-refractivity contribution in [1.29, 1.82) is 5.26 Å². The molecule has 3 N–H and O–H groups in total. The van der Waals surface area contributed by atoms with Crippen LogP contribution in [0.3, 0.4) is 0 Å². The molecule has 1 aliphatic carbocycles. The molecular weight excluding hydrogens is 338 g/mol. The number of fused-ring (bicyclic) bond motifs is 1. The van der Waals surface area contributed by atoms with Crippen molar-refractivity contribution in [3.8, 4) is 6.07 Å². The Bertz CT molecular complexity index is 953. The maximum atomic E-state index is 12.3. The van der Waals surface area contributed by atoms with E-state index in [1.54, 1.807) is 24.3 Å². The Labute approximate surface area is 157 Å². The number of anilines is 1. The third-order valence-corrected chi connectivity index (χ3v) is 5.08. The highest BCUT2D eigenvalue weighted by atomic mass is 16.2. The molecule has 2 aromatic carbocycles. The zero-order valence-corrected chi connectivity index (χ0v) is 14.9. The first-order chi connectivity index (χ1) is 13.2. The summed E-state index contributed by atoms with van der Waals surface area (Å²) in [5, 5.41) is 14.7. The molecule has 0 spiro atoms. The second kappa shape index (κ2) is 7.50. The summed E-state index contributed by atoms with van der Waals surface area (Å²) < 4.78 is 0. The molecule has 136 valence electrons. The first-order valence-corrected chi connectivity index (χ1v) is 9.23. The van der Waals surface area contributed by atoms with Gasteiger partial charge in [-0.05, 0) is 55.7 Å². The van der Waals surface area contributed by atoms with E-state index in [4.69, 9.17) is 10.2 Å². The van der Waals surface area contributed by atoms with Crippen LogP contribution in [0.4, 0.5) is 10.5 Å². The Morgan fingerprint density at radius 2 is 1.96 bits per heavy atom. The molecule has 1 aliphatic rings. The molecule has 6 nitrogen and oxygen atoms in total. The van der Waals surface area contributed by atoms with Crippen LogP contribution in [0.25, 0.3) is 11.0 Å². The summed E-state index contributed by atoms with van der Waals surface area (Å²) in [5.74, 6) is 1.33. The van der Waals surface area contributed by atoms with Gasteiger partial charge in [0.15, 0.2) is 0 Å². The predicted molar refractivity (Wildman–Crippen MR) is 104 cm³/mol. The molecule has 27 heavy (non-hydrogen) atoms. The number of aromatic nitrogens is 2. The lowest BCUT2D eigenvalue weighted by molar-refractivity contribution is 0.242. The van der Waals surface area contributed by atoms with E-state index < -0.39 is 0 Å². The van der Waals surface area contributed by atoms with Crippen molar-refractivity contribution in [2.24, 2.45) is 0 Å². The van der Waals surface area contributed by atoms with E-state index in [0.717, 1.165) is 42.5 Å². The molecule has 1 unspecified atom stereocenters. The molecule has 1 saturated carbocycles. The molecular formula is C21H21N5O. The Balaban J connectivity index is 1.37. The summed E-state index contributed by atoms with van der Waals surface area (Å²) >= 11 is 0. The Hall–Kier alpha value is -3.33. The fourth-order valence-electron chi connectivity index (χ4n) is 3.72. The van der Waals surface area contributed by atoms with Gasteiger partial charge in [0.1, 0.15) is 5.82 Å². The maximum absolute atomic E-state index is 12.3. The van der Waals surface area contributed by atoms with Crippen molar-refractivity contribution in [2.75, 3.05) is 5.32 Å². The highest BCUT2D eigenvalue weighted by molar-refractivity contribution is 5.89. The number of H-pyrrole nitrogens is 1. The van der Waals surface area contributed by atoms with Gasteiger partial charge in [-0.15, -0.1) is 0 Å². The Morgan fingerprint density at radius 1 is 1.15 bits per heavy atom. The largest absolute Gasteiger partial charge is 0.342 e. The highest BCUT2D eigenvalue weighted by Gasteiger charge is 2.26. The maximum Gasteiger partial charge on any atom is 0.319 e. The van der Waals surface area contributed by atoms with Crippen LogP contribution in [0.2, 0.25) is 0 Å². The van der Waals surface area contributed by atoms with Crippen molar-refractivity contribution >= 4 is 22.8 Å². The van der Waals surface area contributed by atoms with Gasteiger partial charge in [-0.1, -0.05) is 18.6 Å². The van der Waals surface area contributed by atoms with Gasteiger partial charge in [0.25, 0.3) is 0 Å². The normalized spacial score (nSPS) is 19.4. The minimum atomic E-state index is -0.213. The van der Waals surface area contributed by atoms with Crippen LogP contribution in [-0.2, 0) is 0 Å². The van der Waals surface area contributed by atoms with Crippen LogP contribution in [0.5, 0.6) is 0 Å². The number of hydrogen-bond acceptors (Lipinski definition) is 3. The number of urea groups is 1. The van der Waals surface area contributed by atoms with Gasteiger partial charge < -0.3 is 15.6 Å². The second-order valence-corrected chi connectivity index (χ2v) is 6.99. The summed E-state index contributed by atoms with van der Waals surface area (Å²) in [6, 6.07) is 16.9. The fraction of sp³-hybridized carbons (Fsp3) is 0.286. The lowest BCUT2D eigenvalue weighted by Crippen LogP contribution is -2.40. The van der Waals surface area contributed by atoms with E-state index in [-0.39, 0.29) is 12.1 Å². The zero-order valence-electron chi connectivity index (χ0n) is 14.9. The van der Waals surface area contributed by atoms with Crippen LogP contribution in [-0.4, -0.2) is 22.0 Å². The van der Waals surface area contributed by atoms with Crippen LogP contribution in [0, 0.1) is 11.3 Å². The number of carbonyl (C=O) groups excluding carboxylic acids is 1. The standard InChI is InChI=1S/C21H21N5O/c22-13-14-8-10-16(11-9-14)23-21(27)24-17-5-3-4-15(12-17)20-25-18-6-1-2-7-19(18)26-20/h1-2,6-11,15,17H,3-5,12H2,(H,25,26)(H2,23,24,27)/t15-,17?/m0/s1. The van der Waals surface area contributed by atoms with Gasteiger partial charge in [-0.3, -0.25) is 0 Å². The van der Waals surface area contributed by atoms with Gasteiger partial charge in [-0.25, -0.2) is 9.78 Å². The molecule has 1 fully saturated rings. The van der Waals surface area contributed by atoms with E-state index in [1.165, 1.54) is 0 Å². The topological polar surface area (TPSA) is 93.6 Å². The molecule has 1 heterocycles. The van der Waals surface area contributed by atoms with Crippen molar-refractivity contribution in [3.05, 3.63) is 59.9 Å². The van der Waals surface area contributed by atoms with E-state index in [9.17, 15) is 4.79 Å². The number of carbonyl (C=O) groups is 1. The van der Waals surface area contributed by atoms with Gasteiger partial charge in [0.2, 0.25) is 0 Å². The summed E-state index contributed by atoms with van der Waals surface area (Å²) in [5.41, 5.74) is 3.29. The van der Waals surface area contributed by atoms with Gasteiger partial charge in [0, 0.05) is 17.6 Å². The molecule has 4 rings (SSSR count). The van der Waals surface area contributed by atoms with Crippen molar-refractivity contribution in [2.45, 2.75) is 37.6 Å². The van der Waals surface area contributed by atoms with Crippen LogP contribution < -0.4 is 10.6 Å². The SMILES string of the molecule is N#Cc1ccc(NC(=O)NC2CCC[C@H](c3nc4ccccc4[nH]3)C2)cc1. The molecule has 0 aliphatic heterocycles. The minimum Gasteiger partial charge on any atom is -0.342 e. The number of amides is 2. The monoisotopic (exact) mass is 359 g/mol. The minimum absolute atomic E-state index is 0.121. The smallest absolute Gasteiger partial charge is 0.319 e. The summed E-state index contributed by atoms with van der Waals surface area (Å²) in [6.45, 7) is 0. The third kappa shape index (κ3) is 3.93. The Kier molecular flexibility index (Phi) is 4.75. The first kappa shape index (κ1) is 17.1. The molecule has 0 bridgehead atoms. The van der Waals surface area contributed by atoms with Crippen molar-refractivity contribution < 1.29 is 4.79 Å². The third-order valence-electron chi connectivity index (χ3n) is 5.08. The summed E-state index contributed by atoms with van der Waals surface area (Å²) in [7, 11) is 0. The molecule has 2 atom stereocenters. The average molecular weight is 359 g/mol. The number of rotatable bonds is 3. The number of nitrogens with one attached hydrogen (secondary N) is 3. The first-order valence-electron chi connectivity index (χ1n) is 9.23. The number of imidazole rings is 1. The number of nitriles is 1. The Morgan fingerprint density at radius 3 is 2.74 bits per heavy atom. The quantitative estimate of drug-likeness (QED) is 0.651. The number of benzene rings is 2. The number of para-hydroxylation sites is 2. The number of hydrogen-bond donors (Lipinski definition) is 3. The predicted octanol–water partition coefficient (Wildman–Crippen LogP) is 4.28. The number of aromatic amines is 1. The van der Waals surface area contributed by atoms with E-state index in [0.29, 0.717) is 17.2 Å². The van der Waals surface area contributed by atoms with Crippen LogP contribution >= 0.6 is 0 Å². The van der Waals surface area contributed by atoms with Crippen LogP contribution in [0.15, 0.2) is 48.5 Å². The lowest BCUT2D eigenvalue weighted by atomic mass is 9.85. The van der Waals surface area contributed by atoms with E-state index >= 15 is 0 Å². The molecule has 6 heteroatoms. The van der Waals surface area contributed by atoms with Gasteiger partial charge >= 0.3 is 6.03 Å². The van der Waals surface area contributed by atoms with E-state index in [1.807, 2.05) is 24.3 Å². The highest BCUT2D eigenvalue weighted by Crippen LogP contribution is 2.32. The summed E-state index contributed by atoms with van der Waals surface area (Å²) in [4.78, 5) is 20.5. The molecule has 0 radical (unpaired) electrons. The van der Waals surface area contributed by atoms with Gasteiger partial charge in [-0.2, -0.15) is 5.26 Å². The molecule has 1 aromatic heterocycles. The molecule has 2 amide bonds. The average Bonchev–Trinajstić information content (AvgIpc) is 3.13. The van der Waals surface area contributed by atoms with Gasteiger partial charge in [0.05, 0.1) is 22.7 Å². The fourth-order valence-corrected chi connectivity index (χ4v) is 3.72. The number of nitrogens with zero attached hydrogens (tertiary/aromatic N) is 2. The second-order valence-electron chi connectivity index (χ2n) is 6.99. The zero-order chi connectivity index (χ0) is 18.6. The summed E-state index contributed by atoms with van der Waals surface area (Å²) in [6.07, 6.45) is 3.98. The molecule has 0 saturated heterocycles. The van der Waals surface area contributed by atoms with Crippen LogP contribution in [0.1, 0.15) is 43.0 Å². The molecule has 3 aromatic rings. The van der Waals surface area contributed by atoms with Crippen molar-refractivity contribution in [1.82, 2.24) is 15.3 Å². The van der Waals surface area contributed by atoms with Crippen molar-refractivity contribution in [3.63, 3.8) is 0 Å². The van der Waals surface area contributed by atoms with E-state index in [2.05, 4.69) is 21.7 Å².